The van der Waals surface area contributed by atoms with Crippen molar-refractivity contribution in [3.05, 3.63) is 29.8 Å². The first-order valence-corrected chi connectivity index (χ1v) is 8.68. The predicted octanol–water partition coefficient (Wildman–Crippen LogP) is 1.06. The average Bonchev–Trinajstić information content (AvgIpc) is 3.28. The van der Waals surface area contributed by atoms with Crippen LogP contribution in [0, 0.1) is 0 Å². The highest BCUT2D eigenvalue weighted by molar-refractivity contribution is 7.89. The van der Waals surface area contributed by atoms with E-state index >= 15 is 0 Å². The second-order valence-electron chi connectivity index (χ2n) is 6.15. The van der Waals surface area contributed by atoms with E-state index in [2.05, 4.69) is 4.72 Å². The van der Waals surface area contributed by atoms with Gasteiger partial charge in [0.2, 0.25) is 10.0 Å². The smallest absolute Gasteiger partial charge is 0.329 e. The van der Waals surface area contributed by atoms with Gasteiger partial charge >= 0.3 is 5.97 Å². The van der Waals surface area contributed by atoms with Gasteiger partial charge in [-0.2, -0.15) is 0 Å². The lowest BCUT2D eigenvalue weighted by Gasteiger charge is -2.31. The zero-order valence-corrected chi connectivity index (χ0v) is 14.1. The van der Waals surface area contributed by atoms with Crippen LogP contribution in [-0.2, 0) is 14.8 Å². The van der Waals surface area contributed by atoms with Gasteiger partial charge in [0.1, 0.15) is 5.54 Å². The first kappa shape index (κ1) is 17.4. The number of carboxylic acids is 1. The molecule has 126 valence electrons. The number of sulfonamides is 1. The molecular formula is C15H20N2O5S. The summed E-state index contributed by atoms with van der Waals surface area (Å²) < 4.78 is 26.9. The Morgan fingerprint density at radius 1 is 1.30 bits per heavy atom. The van der Waals surface area contributed by atoms with E-state index in [1.807, 2.05) is 0 Å². The zero-order chi connectivity index (χ0) is 17.4. The zero-order valence-electron chi connectivity index (χ0n) is 13.2. The summed E-state index contributed by atoms with van der Waals surface area (Å²) >= 11 is 0. The number of nitrogens with zero attached hydrogens (tertiary/aromatic N) is 1. The molecule has 1 aliphatic rings. The number of carbonyl (C=O) groups excluding carboxylic acids is 1. The summed E-state index contributed by atoms with van der Waals surface area (Å²) in [5.41, 5.74) is -1.28. The number of likely N-dealkylation sites (N-methyl/N-ethyl adjacent to an activating group) is 1. The van der Waals surface area contributed by atoms with E-state index in [1.54, 1.807) is 0 Å². The number of carbonyl (C=O) groups is 2. The molecule has 1 saturated carbocycles. The molecule has 2 N–H and O–H groups in total. The van der Waals surface area contributed by atoms with Gasteiger partial charge in [-0.05, 0) is 44.9 Å². The van der Waals surface area contributed by atoms with Crippen LogP contribution in [0.15, 0.2) is 29.2 Å². The summed E-state index contributed by atoms with van der Waals surface area (Å²) in [5.74, 6) is -1.70. The minimum Gasteiger partial charge on any atom is -0.480 e. The molecule has 0 saturated heterocycles. The van der Waals surface area contributed by atoms with E-state index in [0.29, 0.717) is 0 Å². The number of carboxylic acid groups (broad SMARTS) is 1. The van der Waals surface area contributed by atoms with Gasteiger partial charge in [0.05, 0.1) is 4.90 Å². The van der Waals surface area contributed by atoms with Gasteiger partial charge in [-0.25, -0.2) is 17.9 Å². The summed E-state index contributed by atoms with van der Waals surface area (Å²) in [6.07, 6.45) is 1.63. The molecule has 7 nitrogen and oxygen atoms in total. The predicted molar refractivity (Wildman–Crippen MR) is 83.6 cm³/mol. The number of nitrogens with one attached hydrogen (secondary N) is 1. The number of rotatable bonds is 6. The van der Waals surface area contributed by atoms with Crippen molar-refractivity contribution in [3.63, 3.8) is 0 Å². The van der Waals surface area contributed by atoms with Gasteiger partial charge in [0.25, 0.3) is 5.91 Å². The maximum absolute atomic E-state index is 12.5. The van der Waals surface area contributed by atoms with Crippen LogP contribution in [0.3, 0.4) is 0 Å². The molecule has 0 aromatic heterocycles. The van der Waals surface area contributed by atoms with Gasteiger partial charge < -0.3 is 10.0 Å². The van der Waals surface area contributed by atoms with E-state index in [0.717, 1.165) is 17.7 Å². The van der Waals surface area contributed by atoms with Crippen LogP contribution in [0.2, 0.25) is 0 Å². The third-order valence-electron chi connectivity index (χ3n) is 3.96. The maximum atomic E-state index is 12.5. The molecule has 1 aromatic rings. The lowest BCUT2D eigenvalue weighted by atomic mass is 10.0. The average molecular weight is 340 g/mol. The molecule has 1 aliphatic carbocycles. The second kappa shape index (κ2) is 5.93. The SMILES string of the molecule is CN(C(=O)c1cccc(S(=O)(=O)NC2CC2)c1)C(C)(C)C(=O)O. The first-order valence-electron chi connectivity index (χ1n) is 7.19. The van der Waals surface area contributed by atoms with Crippen molar-refractivity contribution in [2.75, 3.05) is 7.05 Å². The summed E-state index contributed by atoms with van der Waals surface area (Å²) in [6, 6.07) is 5.57. The topological polar surface area (TPSA) is 104 Å². The number of aliphatic carboxylic acids is 1. The van der Waals surface area contributed by atoms with Crippen LogP contribution in [0.25, 0.3) is 0 Å². The number of hydrogen-bond acceptors (Lipinski definition) is 4. The molecule has 0 heterocycles. The van der Waals surface area contributed by atoms with E-state index in [4.69, 9.17) is 0 Å². The van der Waals surface area contributed by atoms with Crippen molar-refractivity contribution in [1.82, 2.24) is 9.62 Å². The van der Waals surface area contributed by atoms with E-state index in [1.165, 1.54) is 45.2 Å². The molecule has 0 unspecified atom stereocenters. The molecule has 0 aliphatic heterocycles. The fourth-order valence-electron chi connectivity index (χ4n) is 1.88. The number of hydrogen-bond donors (Lipinski definition) is 2. The fraction of sp³-hybridized carbons (Fsp3) is 0.467. The highest BCUT2D eigenvalue weighted by Crippen LogP contribution is 2.23. The molecule has 1 amide bonds. The Balaban J connectivity index is 2.29. The van der Waals surface area contributed by atoms with E-state index < -0.39 is 27.4 Å². The standard InChI is InChI=1S/C15H20N2O5S/c1-15(2,14(19)20)17(3)13(18)10-5-4-6-12(9-10)23(21,22)16-11-7-8-11/h4-6,9,11,16H,7-8H2,1-3H3,(H,19,20). The van der Waals surface area contributed by atoms with Crippen LogP contribution in [0.5, 0.6) is 0 Å². The summed E-state index contributed by atoms with van der Waals surface area (Å²) in [4.78, 5) is 24.8. The van der Waals surface area contributed by atoms with Crippen molar-refractivity contribution >= 4 is 21.9 Å². The van der Waals surface area contributed by atoms with Gasteiger partial charge in [-0.3, -0.25) is 4.79 Å². The largest absolute Gasteiger partial charge is 0.480 e. The lowest BCUT2D eigenvalue weighted by molar-refractivity contribution is -0.147. The van der Waals surface area contributed by atoms with Crippen LogP contribution in [-0.4, -0.2) is 48.9 Å². The summed E-state index contributed by atoms with van der Waals surface area (Å²) in [6.45, 7) is 2.81. The monoisotopic (exact) mass is 340 g/mol. The Morgan fingerprint density at radius 2 is 1.91 bits per heavy atom. The van der Waals surface area contributed by atoms with E-state index in [9.17, 15) is 23.1 Å². The third kappa shape index (κ3) is 3.70. The molecule has 0 bridgehead atoms. The molecule has 0 spiro atoms. The quantitative estimate of drug-likeness (QED) is 0.806. The van der Waals surface area contributed by atoms with Crippen molar-refractivity contribution in [3.8, 4) is 0 Å². The molecule has 1 aromatic carbocycles. The van der Waals surface area contributed by atoms with Crippen molar-refractivity contribution < 1.29 is 23.1 Å². The Morgan fingerprint density at radius 3 is 2.43 bits per heavy atom. The lowest BCUT2D eigenvalue weighted by Crippen LogP contribution is -2.50. The third-order valence-corrected chi connectivity index (χ3v) is 5.48. The van der Waals surface area contributed by atoms with Gasteiger partial charge in [0.15, 0.2) is 0 Å². The number of benzene rings is 1. The molecule has 0 radical (unpaired) electrons. The van der Waals surface area contributed by atoms with Crippen molar-refractivity contribution in [2.45, 2.75) is 43.2 Å². The van der Waals surface area contributed by atoms with Crippen molar-refractivity contribution in [2.24, 2.45) is 0 Å². The second-order valence-corrected chi connectivity index (χ2v) is 7.87. The molecule has 1 fully saturated rings. The van der Waals surface area contributed by atoms with E-state index in [-0.39, 0.29) is 16.5 Å². The van der Waals surface area contributed by atoms with Crippen LogP contribution < -0.4 is 4.72 Å². The fourth-order valence-corrected chi connectivity index (χ4v) is 3.23. The molecule has 23 heavy (non-hydrogen) atoms. The highest BCUT2D eigenvalue weighted by atomic mass is 32.2. The molecule has 8 heteroatoms. The van der Waals surface area contributed by atoms with Crippen LogP contribution in [0.4, 0.5) is 0 Å². The first-order chi connectivity index (χ1) is 10.6. The minimum absolute atomic E-state index is 0.00298. The molecule has 0 atom stereocenters. The molecular weight excluding hydrogens is 320 g/mol. The van der Waals surface area contributed by atoms with Crippen LogP contribution in [0.1, 0.15) is 37.0 Å². The molecule has 2 rings (SSSR count). The normalized spacial score (nSPS) is 15.3. The maximum Gasteiger partial charge on any atom is 0.329 e. The van der Waals surface area contributed by atoms with Crippen LogP contribution >= 0.6 is 0 Å². The minimum atomic E-state index is -3.67. The number of amides is 1. The van der Waals surface area contributed by atoms with Gasteiger partial charge in [-0.1, -0.05) is 6.07 Å². The summed E-state index contributed by atoms with van der Waals surface area (Å²) in [5, 5.41) is 9.20. The Bertz CT molecular complexity index is 738. The van der Waals surface area contributed by atoms with Gasteiger partial charge in [-0.15, -0.1) is 0 Å². The van der Waals surface area contributed by atoms with Gasteiger partial charge in [0, 0.05) is 18.7 Å². The summed E-state index contributed by atoms with van der Waals surface area (Å²) in [7, 11) is -2.29. The Kier molecular flexibility index (Phi) is 4.50. The highest BCUT2D eigenvalue weighted by Gasteiger charge is 2.36. The Hall–Kier alpha value is -1.93. The van der Waals surface area contributed by atoms with Crippen molar-refractivity contribution in [1.29, 1.82) is 0 Å². The Labute approximate surface area is 135 Å².